The molecule has 1 saturated heterocycles. The highest BCUT2D eigenvalue weighted by Crippen LogP contribution is 2.33. The summed E-state index contributed by atoms with van der Waals surface area (Å²) in [6, 6.07) is 12.7. The lowest BCUT2D eigenvalue weighted by Crippen LogP contribution is -2.46. The molecule has 1 fully saturated rings. The monoisotopic (exact) mass is 379 g/mol. The van der Waals surface area contributed by atoms with E-state index in [2.05, 4.69) is 58.0 Å². The van der Waals surface area contributed by atoms with Gasteiger partial charge < -0.3 is 14.7 Å². The molecular formula is C21H25N5S. The molecule has 3 aromatic rings. The summed E-state index contributed by atoms with van der Waals surface area (Å²) in [6.07, 6.45) is 1.01. The first kappa shape index (κ1) is 17.0. The Morgan fingerprint density at radius 1 is 0.926 bits per heavy atom. The van der Waals surface area contributed by atoms with Crippen molar-refractivity contribution in [3.05, 3.63) is 47.0 Å². The van der Waals surface area contributed by atoms with E-state index < -0.39 is 0 Å². The molecule has 2 aliphatic heterocycles. The number of pyridine rings is 1. The van der Waals surface area contributed by atoms with E-state index in [0.717, 1.165) is 63.6 Å². The van der Waals surface area contributed by atoms with E-state index >= 15 is 0 Å². The van der Waals surface area contributed by atoms with Gasteiger partial charge in [-0.15, -0.1) is 0 Å². The molecule has 0 amide bonds. The number of nitrogens with zero attached hydrogens (tertiary/aromatic N) is 5. The normalized spacial score (nSPS) is 18.1. The zero-order valence-electron chi connectivity index (χ0n) is 15.8. The van der Waals surface area contributed by atoms with Crippen LogP contribution in [0, 0.1) is 0 Å². The van der Waals surface area contributed by atoms with E-state index in [0.29, 0.717) is 0 Å². The Bertz CT molecular complexity index is 945. The van der Waals surface area contributed by atoms with Crippen molar-refractivity contribution in [2.75, 3.05) is 49.1 Å². The lowest BCUT2D eigenvalue weighted by Gasteiger charge is -2.33. The summed E-state index contributed by atoms with van der Waals surface area (Å²) in [5.41, 5.74) is 2.37. The predicted molar refractivity (Wildman–Crippen MR) is 113 cm³/mol. The van der Waals surface area contributed by atoms with Gasteiger partial charge in [0.05, 0.1) is 17.8 Å². The van der Waals surface area contributed by atoms with Crippen molar-refractivity contribution < 1.29 is 0 Å². The molecule has 4 heterocycles. The summed E-state index contributed by atoms with van der Waals surface area (Å²) in [6.45, 7) is 9.79. The molecule has 1 aromatic carbocycles. The van der Waals surface area contributed by atoms with E-state index in [1.807, 2.05) is 11.3 Å². The van der Waals surface area contributed by atoms with Crippen LogP contribution in [0.5, 0.6) is 0 Å². The van der Waals surface area contributed by atoms with Crippen LogP contribution in [0.2, 0.25) is 0 Å². The average molecular weight is 380 g/mol. The van der Waals surface area contributed by atoms with Crippen molar-refractivity contribution >= 4 is 33.2 Å². The largest absolute Gasteiger partial charge is 0.351 e. The van der Waals surface area contributed by atoms with Crippen LogP contribution in [0.3, 0.4) is 0 Å². The fraction of sp³-hybridized carbons (Fsp3) is 0.429. The molecule has 0 radical (unpaired) electrons. The van der Waals surface area contributed by atoms with E-state index in [1.54, 1.807) is 0 Å². The van der Waals surface area contributed by atoms with Gasteiger partial charge in [0.1, 0.15) is 5.82 Å². The van der Waals surface area contributed by atoms with Gasteiger partial charge in [-0.3, -0.25) is 0 Å². The van der Waals surface area contributed by atoms with E-state index in [1.165, 1.54) is 21.1 Å². The molecule has 0 N–H and O–H groups in total. The smallest absolute Gasteiger partial charge is 0.185 e. The van der Waals surface area contributed by atoms with Crippen molar-refractivity contribution in [2.45, 2.75) is 19.9 Å². The highest BCUT2D eigenvalue weighted by Gasteiger charge is 2.25. The van der Waals surface area contributed by atoms with Crippen LogP contribution in [-0.4, -0.2) is 54.1 Å². The minimum atomic E-state index is 0.924. The number of benzene rings is 1. The zero-order chi connectivity index (χ0) is 18.2. The molecule has 0 unspecified atom stereocenters. The first-order valence-electron chi connectivity index (χ1n) is 9.87. The first-order chi connectivity index (χ1) is 13.3. The van der Waals surface area contributed by atoms with Gasteiger partial charge in [-0.2, -0.15) is 0 Å². The van der Waals surface area contributed by atoms with Crippen molar-refractivity contribution in [2.24, 2.45) is 0 Å². The molecule has 0 spiro atoms. The number of para-hydroxylation sites is 1. The first-order valence-corrected chi connectivity index (χ1v) is 10.7. The third-order valence-electron chi connectivity index (χ3n) is 5.72. The van der Waals surface area contributed by atoms with Crippen LogP contribution in [0.4, 0.5) is 10.9 Å². The molecule has 140 valence electrons. The molecule has 0 bridgehead atoms. The summed E-state index contributed by atoms with van der Waals surface area (Å²) in [7, 11) is 0. The van der Waals surface area contributed by atoms with Gasteiger partial charge in [0.25, 0.3) is 0 Å². The third-order valence-corrected chi connectivity index (χ3v) is 6.86. The Hall–Kier alpha value is -2.18. The molecule has 27 heavy (non-hydrogen) atoms. The molecule has 6 heteroatoms. The Morgan fingerprint density at radius 2 is 1.78 bits per heavy atom. The molecule has 5 rings (SSSR count). The van der Waals surface area contributed by atoms with Gasteiger partial charge in [-0.05, 0) is 24.7 Å². The number of aromatic nitrogens is 2. The minimum Gasteiger partial charge on any atom is -0.351 e. The lowest BCUT2D eigenvalue weighted by molar-refractivity contribution is 0.271. The SMILES string of the molecule is CCN1CCN(c2nc3c(s2)CN(c2ccc4ccccc4n2)CC3)CC1. The highest BCUT2D eigenvalue weighted by atomic mass is 32.1. The van der Waals surface area contributed by atoms with Crippen molar-refractivity contribution in [3.8, 4) is 0 Å². The fourth-order valence-electron chi connectivity index (χ4n) is 4.00. The molecule has 2 aromatic heterocycles. The number of fused-ring (bicyclic) bond motifs is 2. The van der Waals surface area contributed by atoms with Gasteiger partial charge in [0.15, 0.2) is 5.13 Å². The summed E-state index contributed by atoms with van der Waals surface area (Å²) in [5.74, 6) is 1.07. The lowest BCUT2D eigenvalue weighted by atomic mass is 10.1. The number of hydrogen-bond acceptors (Lipinski definition) is 6. The maximum Gasteiger partial charge on any atom is 0.185 e. The third kappa shape index (κ3) is 3.28. The van der Waals surface area contributed by atoms with Gasteiger partial charge in [-0.1, -0.05) is 36.5 Å². The summed E-state index contributed by atoms with van der Waals surface area (Å²) in [5, 5.41) is 2.41. The van der Waals surface area contributed by atoms with Crippen LogP contribution in [0.1, 0.15) is 17.5 Å². The van der Waals surface area contributed by atoms with Crippen LogP contribution < -0.4 is 9.80 Å². The van der Waals surface area contributed by atoms with E-state index in [9.17, 15) is 0 Å². The second kappa shape index (κ2) is 7.09. The van der Waals surface area contributed by atoms with E-state index in [-0.39, 0.29) is 0 Å². The molecule has 5 nitrogen and oxygen atoms in total. The molecular weight excluding hydrogens is 354 g/mol. The number of anilines is 2. The maximum atomic E-state index is 4.98. The summed E-state index contributed by atoms with van der Waals surface area (Å²) in [4.78, 5) is 18.6. The number of hydrogen-bond donors (Lipinski definition) is 0. The number of rotatable bonds is 3. The minimum absolute atomic E-state index is 0.924. The quantitative estimate of drug-likeness (QED) is 0.697. The Morgan fingerprint density at radius 3 is 2.63 bits per heavy atom. The highest BCUT2D eigenvalue weighted by molar-refractivity contribution is 7.15. The van der Waals surface area contributed by atoms with Crippen molar-refractivity contribution in [3.63, 3.8) is 0 Å². The van der Waals surface area contributed by atoms with E-state index in [4.69, 9.17) is 9.97 Å². The van der Waals surface area contributed by atoms with Crippen LogP contribution >= 0.6 is 11.3 Å². The molecule has 0 atom stereocenters. The topological polar surface area (TPSA) is 35.5 Å². The zero-order valence-corrected chi connectivity index (χ0v) is 16.6. The standard InChI is InChI=1S/C21H25N5S/c1-2-24-11-13-25(14-12-24)21-23-18-9-10-26(15-19(18)27-21)20-8-7-16-5-3-4-6-17(16)22-20/h3-8H,2,9-15H2,1H3. The van der Waals surface area contributed by atoms with Crippen LogP contribution in [-0.2, 0) is 13.0 Å². The maximum absolute atomic E-state index is 4.98. The molecule has 2 aliphatic rings. The number of thiazole rings is 1. The predicted octanol–water partition coefficient (Wildman–Crippen LogP) is 3.40. The Balaban J connectivity index is 1.34. The van der Waals surface area contributed by atoms with Crippen LogP contribution in [0.25, 0.3) is 10.9 Å². The van der Waals surface area contributed by atoms with Gasteiger partial charge >= 0.3 is 0 Å². The average Bonchev–Trinajstić information content (AvgIpc) is 3.17. The number of piperazine rings is 1. The van der Waals surface area contributed by atoms with Crippen molar-refractivity contribution in [1.29, 1.82) is 0 Å². The van der Waals surface area contributed by atoms with Gasteiger partial charge in [0, 0.05) is 49.4 Å². The summed E-state index contributed by atoms with van der Waals surface area (Å²) < 4.78 is 0. The van der Waals surface area contributed by atoms with Gasteiger partial charge in [-0.25, -0.2) is 9.97 Å². The van der Waals surface area contributed by atoms with Crippen molar-refractivity contribution in [1.82, 2.24) is 14.9 Å². The van der Waals surface area contributed by atoms with Crippen LogP contribution in [0.15, 0.2) is 36.4 Å². The number of likely N-dealkylation sites (N-methyl/N-ethyl adjacent to an activating group) is 1. The van der Waals surface area contributed by atoms with Gasteiger partial charge in [0.2, 0.25) is 0 Å². The fourth-order valence-corrected chi connectivity index (χ4v) is 5.17. The Kier molecular flexibility index (Phi) is 4.45. The summed E-state index contributed by atoms with van der Waals surface area (Å²) >= 11 is 1.88. The molecule has 0 saturated carbocycles. The second-order valence-corrected chi connectivity index (χ2v) is 8.38. The molecule has 0 aliphatic carbocycles. The Labute approximate surface area is 164 Å². The second-order valence-electron chi connectivity index (χ2n) is 7.32.